The van der Waals surface area contributed by atoms with E-state index in [0.29, 0.717) is 26.6 Å². The minimum Gasteiger partial charge on any atom is -0.295 e. The third-order valence-corrected chi connectivity index (χ3v) is 5.38. The van der Waals surface area contributed by atoms with Crippen LogP contribution in [0.5, 0.6) is 0 Å². The van der Waals surface area contributed by atoms with Gasteiger partial charge < -0.3 is 0 Å². The molecular weight excluding hydrogens is 397 g/mol. The van der Waals surface area contributed by atoms with Gasteiger partial charge in [-0.1, -0.05) is 41.9 Å². The van der Waals surface area contributed by atoms with Crippen LogP contribution < -0.4 is 5.56 Å². The van der Waals surface area contributed by atoms with E-state index in [0.717, 1.165) is 6.26 Å². The van der Waals surface area contributed by atoms with Crippen LogP contribution in [-0.2, 0) is 16.9 Å². The fraction of sp³-hybridized carbons (Fsp3) is 0.118. The monoisotopic (exact) mass is 409 g/mol. The largest absolute Gasteiger partial charge is 0.295 e. The van der Waals surface area contributed by atoms with Gasteiger partial charge in [-0.2, -0.15) is 4.98 Å². The predicted octanol–water partition coefficient (Wildman–Crippen LogP) is 3.35. The number of pyridine rings is 1. The number of aromatic nitrogens is 3. The van der Waals surface area contributed by atoms with Crippen molar-refractivity contribution in [3.8, 4) is 11.1 Å². The third kappa shape index (κ3) is 2.92. The molecule has 26 heavy (non-hydrogen) atoms. The minimum absolute atomic E-state index is 0.173. The molecular formula is C17H13Cl2N3O3S. The molecule has 0 unspecified atom stereocenters. The first-order chi connectivity index (χ1) is 12.2. The molecule has 2 aromatic heterocycles. The summed E-state index contributed by atoms with van der Waals surface area (Å²) < 4.78 is 24.7. The number of benzene rings is 1. The van der Waals surface area contributed by atoms with Crippen molar-refractivity contribution in [3.05, 3.63) is 56.9 Å². The molecule has 0 atom stereocenters. The van der Waals surface area contributed by atoms with Gasteiger partial charge in [0.2, 0.25) is 15.0 Å². The van der Waals surface area contributed by atoms with E-state index in [4.69, 9.17) is 23.2 Å². The first-order valence-electron chi connectivity index (χ1n) is 7.33. The Morgan fingerprint density at radius 2 is 1.81 bits per heavy atom. The second-order valence-corrected chi connectivity index (χ2v) is 8.34. The van der Waals surface area contributed by atoms with Crippen LogP contribution in [0.15, 0.2) is 40.9 Å². The van der Waals surface area contributed by atoms with Crippen molar-refractivity contribution in [2.24, 2.45) is 7.05 Å². The molecule has 0 spiro atoms. The molecule has 0 aliphatic carbocycles. The van der Waals surface area contributed by atoms with E-state index in [2.05, 4.69) is 16.5 Å². The summed E-state index contributed by atoms with van der Waals surface area (Å²) in [5.41, 5.74) is 0.799. The van der Waals surface area contributed by atoms with Gasteiger partial charge in [-0.3, -0.25) is 9.36 Å². The van der Waals surface area contributed by atoms with Crippen LogP contribution >= 0.6 is 23.2 Å². The highest BCUT2D eigenvalue weighted by Crippen LogP contribution is 2.36. The van der Waals surface area contributed by atoms with E-state index in [-0.39, 0.29) is 16.4 Å². The van der Waals surface area contributed by atoms with Gasteiger partial charge in [0.1, 0.15) is 5.65 Å². The molecule has 0 aliphatic heterocycles. The lowest BCUT2D eigenvalue weighted by Crippen LogP contribution is -2.22. The summed E-state index contributed by atoms with van der Waals surface area (Å²) in [7, 11) is -2.13. The summed E-state index contributed by atoms with van der Waals surface area (Å²) in [4.78, 5) is 21.0. The van der Waals surface area contributed by atoms with Gasteiger partial charge in [0.05, 0.1) is 15.6 Å². The van der Waals surface area contributed by atoms with Gasteiger partial charge in [0, 0.05) is 30.4 Å². The SMILES string of the molecule is C=Cc1c(-c2c(Cl)cccc2Cl)c(=O)n(C)c2nc(S(C)(=O)=O)ncc12. The van der Waals surface area contributed by atoms with E-state index in [1.165, 1.54) is 23.9 Å². The smallest absolute Gasteiger partial charge is 0.260 e. The number of nitrogens with zero attached hydrogens (tertiary/aromatic N) is 3. The third-order valence-electron chi connectivity index (χ3n) is 3.89. The van der Waals surface area contributed by atoms with E-state index >= 15 is 0 Å². The van der Waals surface area contributed by atoms with Gasteiger partial charge >= 0.3 is 0 Å². The second kappa shape index (κ2) is 6.50. The normalized spacial score (nSPS) is 11.7. The first-order valence-corrected chi connectivity index (χ1v) is 9.98. The van der Waals surface area contributed by atoms with Crippen molar-refractivity contribution in [1.82, 2.24) is 14.5 Å². The Kier molecular flexibility index (Phi) is 4.64. The highest BCUT2D eigenvalue weighted by Gasteiger charge is 2.22. The molecule has 2 heterocycles. The zero-order valence-electron chi connectivity index (χ0n) is 13.8. The number of fused-ring (bicyclic) bond motifs is 1. The van der Waals surface area contributed by atoms with Crippen LogP contribution in [0.2, 0.25) is 10.0 Å². The van der Waals surface area contributed by atoms with Crippen molar-refractivity contribution in [1.29, 1.82) is 0 Å². The summed E-state index contributed by atoms with van der Waals surface area (Å²) >= 11 is 12.6. The fourth-order valence-electron chi connectivity index (χ4n) is 2.69. The molecule has 3 rings (SSSR count). The minimum atomic E-state index is -3.62. The van der Waals surface area contributed by atoms with E-state index in [1.54, 1.807) is 18.2 Å². The van der Waals surface area contributed by atoms with Crippen molar-refractivity contribution < 1.29 is 8.42 Å². The molecule has 134 valence electrons. The highest BCUT2D eigenvalue weighted by molar-refractivity contribution is 7.90. The molecule has 0 amide bonds. The maximum absolute atomic E-state index is 13.0. The maximum Gasteiger partial charge on any atom is 0.260 e. The van der Waals surface area contributed by atoms with Crippen molar-refractivity contribution in [3.63, 3.8) is 0 Å². The van der Waals surface area contributed by atoms with Gasteiger partial charge in [0.15, 0.2) is 0 Å². The number of sulfone groups is 1. The topological polar surface area (TPSA) is 81.9 Å². The molecule has 6 nitrogen and oxygen atoms in total. The van der Waals surface area contributed by atoms with E-state index in [1.807, 2.05) is 0 Å². The Hall–Kier alpha value is -2.22. The summed E-state index contributed by atoms with van der Waals surface area (Å²) in [6.45, 7) is 3.76. The van der Waals surface area contributed by atoms with Gasteiger partial charge in [-0.25, -0.2) is 13.4 Å². The second-order valence-electron chi connectivity index (χ2n) is 5.62. The van der Waals surface area contributed by atoms with E-state index in [9.17, 15) is 13.2 Å². The van der Waals surface area contributed by atoms with Crippen molar-refractivity contribution in [2.75, 3.05) is 6.26 Å². The Labute approximate surface area is 159 Å². The molecule has 0 radical (unpaired) electrons. The number of hydrogen-bond donors (Lipinski definition) is 0. The van der Waals surface area contributed by atoms with Crippen LogP contribution in [-0.4, -0.2) is 29.2 Å². The standard InChI is InChI=1S/C17H13Cl2N3O3S/c1-4-9-10-8-20-17(26(3,24)25)21-15(10)22(2)16(23)13(9)14-11(18)6-5-7-12(14)19/h4-8H,1H2,2-3H3. The van der Waals surface area contributed by atoms with E-state index < -0.39 is 15.4 Å². The number of halogens is 2. The van der Waals surface area contributed by atoms with Gasteiger partial charge in [0.25, 0.3) is 5.56 Å². The number of aryl methyl sites for hydroxylation is 1. The molecule has 9 heteroatoms. The molecule has 3 aromatic rings. The quantitative estimate of drug-likeness (QED) is 0.619. The Morgan fingerprint density at radius 3 is 2.35 bits per heavy atom. The zero-order valence-corrected chi connectivity index (χ0v) is 16.2. The predicted molar refractivity (Wildman–Crippen MR) is 103 cm³/mol. The molecule has 0 fully saturated rings. The fourth-order valence-corrected chi connectivity index (χ4v) is 3.77. The maximum atomic E-state index is 13.0. The number of rotatable bonds is 3. The van der Waals surface area contributed by atoms with Crippen molar-refractivity contribution >= 4 is 50.1 Å². The Morgan fingerprint density at radius 1 is 1.19 bits per heavy atom. The molecule has 0 bridgehead atoms. The zero-order chi connectivity index (χ0) is 19.2. The summed E-state index contributed by atoms with van der Waals surface area (Å²) in [5.74, 6) is 0. The van der Waals surface area contributed by atoms with Crippen LogP contribution in [0.3, 0.4) is 0 Å². The van der Waals surface area contributed by atoms with Gasteiger partial charge in [-0.15, -0.1) is 0 Å². The van der Waals surface area contributed by atoms with Crippen LogP contribution in [0, 0.1) is 0 Å². The van der Waals surface area contributed by atoms with Crippen LogP contribution in [0.4, 0.5) is 0 Å². The Balaban J connectivity index is 2.54. The molecule has 0 aliphatic rings. The molecule has 0 N–H and O–H groups in total. The van der Waals surface area contributed by atoms with Crippen LogP contribution in [0.1, 0.15) is 5.56 Å². The molecule has 0 saturated carbocycles. The van der Waals surface area contributed by atoms with Gasteiger partial charge in [-0.05, 0) is 17.7 Å². The average Bonchev–Trinajstić information content (AvgIpc) is 2.58. The first kappa shape index (κ1) is 18.6. The Bertz CT molecular complexity index is 1210. The summed E-state index contributed by atoms with van der Waals surface area (Å²) in [5, 5.41) is 0.718. The molecule has 1 aromatic carbocycles. The summed E-state index contributed by atoms with van der Waals surface area (Å²) in [6.07, 6.45) is 3.82. The average molecular weight is 410 g/mol. The number of hydrogen-bond acceptors (Lipinski definition) is 5. The lowest BCUT2D eigenvalue weighted by molar-refractivity contribution is 0.593. The lowest BCUT2D eigenvalue weighted by atomic mass is 9.98. The summed E-state index contributed by atoms with van der Waals surface area (Å²) in [6, 6.07) is 4.93. The molecule has 0 saturated heterocycles. The van der Waals surface area contributed by atoms with Crippen molar-refractivity contribution in [2.45, 2.75) is 5.16 Å². The highest BCUT2D eigenvalue weighted by atomic mass is 35.5. The lowest BCUT2D eigenvalue weighted by Gasteiger charge is -2.15. The van der Waals surface area contributed by atoms with Crippen LogP contribution in [0.25, 0.3) is 28.2 Å².